The summed E-state index contributed by atoms with van der Waals surface area (Å²) in [5.41, 5.74) is 0.797. The zero-order valence-corrected chi connectivity index (χ0v) is 13.3. The number of hydrogen-bond acceptors (Lipinski definition) is 4. The van der Waals surface area contributed by atoms with E-state index in [0.717, 1.165) is 30.9 Å². The highest BCUT2D eigenvalue weighted by Gasteiger charge is 2.37. The number of hydrogen-bond donors (Lipinski definition) is 1. The molecule has 124 valence electrons. The van der Waals surface area contributed by atoms with Gasteiger partial charge in [-0.2, -0.15) is 0 Å². The second-order valence-corrected chi connectivity index (χ2v) is 5.91. The fourth-order valence-electron chi connectivity index (χ4n) is 3.08. The maximum absolute atomic E-state index is 12.5. The van der Waals surface area contributed by atoms with E-state index in [-0.39, 0.29) is 17.9 Å². The van der Waals surface area contributed by atoms with Crippen molar-refractivity contribution < 1.29 is 19.1 Å². The van der Waals surface area contributed by atoms with Crippen LogP contribution in [0.5, 0.6) is 5.75 Å². The minimum Gasteiger partial charge on any atom is -0.497 e. The Balaban J connectivity index is 1.57. The van der Waals surface area contributed by atoms with Crippen LogP contribution in [0, 0.1) is 5.92 Å². The molecule has 0 radical (unpaired) electrons. The van der Waals surface area contributed by atoms with Gasteiger partial charge in [0.2, 0.25) is 11.8 Å². The zero-order valence-electron chi connectivity index (χ0n) is 13.3. The van der Waals surface area contributed by atoms with Crippen LogP contribution in [-0.2, 0) is 14.3 Å². The molecule has 0 aliphatic carbocycles. The van der Waals surface area contributed by atoms with Crippen LogP contribution in [0.3, 0.4) is 0 Å². The fourth-order valence-corrected chi connectivity index (χ4v) is 3.08. The molecule has 0 aromatic heterocycles. The van der Waals surface area contributed by atoms with E-state index in [0.29, 0.717) is 19.5 Å². The summed E-state index contributed by atoms with van der Waals surface area (Å²) >= 11 is 0. The van der Waals surface area contributed by atoms with Gasteiger partial charge in [-0.15, -0.1) is 0 Å². The van der Waals surface area contributed by atoms with Gasteiger partial charge in [-0.1, -0.05) is 0 Å². The molecule has 6 heteroatoms. The van der Waals surface area contributed by atoms with E-state index in [1.54, 1.807) is 12.0 Å². The molecule has 2 aliphatic rings. The van der Waals surface area contributed by atoms with Crippen molar-refractivity contribution in [3.63, 3.8) is 0 Å². The van der Waals surface area contributed by atoms with Crippen LogP contribution in [0.2, 0.25) is 0 Å². The first kappa shape index (κ1) is 15.8. The van der Waals surface area contributed by atoms with Gasteiger partial charge in [0, 0.05) is 25.4 Å². The van der Waals surface area contributed by atoms with Gasteiger partial charge >= 0.3 is 0 Å². The van der Waals surface area contributed by atoms with E-state index in [4.69, 9.17) is 9.47 Å². The van der Waals surface area contributed by atoms with Crippen molar-refractivity contribution in [1.82, 2.24) is 5.32 Å². The summed E-state index contributed by atoms with van der Waals surface area (Å²) in [4.78, 5) is 26.4. The number of nitrogens with zero attached hydrogens (tertiary/aromatic N) is 1. The Morgan fingerprint density at radius 1 is 1.35 bits per heavy atom. The third-order valence-corrected chi connectivity index (χ3v) is 4.43. The normalized spacial score (nSPS) is 24.0. The number of methoxy groups -OCH3 is 1. The first-order valence-corrected chi connectivity index (χ1v) is 8.04. The lowest BCUT2D eigenvalue weighted by atomic mass is 10.1. The minimum atomic E-state index is -0.599. The highest BCUT2D eigenvalue weighted by molar-refractivity contribution is 6.09. The summed E-state index contributed by atoms with van der Waals surface area (Å²) in [7, 11) is 1.60. The Kier molecular flexibility index (Phi) is 4.81. The molecule has 1 aromatic rings. The van der Waals surface area contributed by atoms with Gasteiger partial charge in [0.25, 0.3) is 0 Å². The van der Waals surface area contributed by atoms with Gasteiger partial charge in [-0.25, -0.2) is 0 Å². The number of rotatable bonds is 5. The van der Waals surface area contributed by atoms with Crippen LogP contribution in [0.1, 0.15) is 19.3 Å². The van der Waals surface area contributed by atoms with Crippen molar-refractivity contribution >= 4 is 17.5 Å². The molecule has 2 heterocycles. The molecule has 2 saturated heterocycles. The number of anilines is 1. The molecule has 3 rings (SSSR count). The van der Waals surface area contributed by atoms with Crippen LogP contribution in [-0.4, -0.2) is 44.7 Å². The van der Waals surface area contributed by atoms with E-state index >= 15 is 0 Å². The summed E-state index contributed by atoms with van der Waals surface area (Å²) in [6.07, 6.45) is 2.64. The molecule has 0 unspecified atom stereocenters. The SMILES string of the molecule is COc1ccc(N2CC[C@@H](C(=O)NC[C@@H]3CCCO3)C2=O)cc1. The summed E-state index contributed by atoms with van der Waals surface area (Å²) in [5, 5.41) is 2.86. The topological polar surface area (TPSA) is 67.9 Å². The first-order chi connectivity index (χ1) is 11.2. The quantitative estimate of drug-likeness (QED) is 0.832. The van der Waals surface area contributed by atoms with Crippen LogP contribution in [0.15, 0.2) is 24.3 Å². The molecule has 2 amide bonds. The van der Waals surface area contributed by atoms with Crippen LogP contribution >= 0.6 is 0 Å². The summed E-state index contributed by atoms with van der Waals surface area (Å²) < 4.78 is 10.6. The number of ether oxygens (including phenoxy) is 2. The molecule has 2 aliphatic heterocycles. The van der Waals surface area contributed by atoms with Gasteiger partial charge in [-0.05, 0) is 43.5 Å². The molecule has 2 fully saturated rings. The lowest BCUT2D eigenvalue weighted by Gasteiger charge is -2.17. The average Bonchev–Trinajstić information content (AvgIpc) is 3.22. The standard InChI is InChI=1S/C17H22N2O4/c1-22-13-6-4-12(5-7-13)19-9-8-15(17(19)21)16(20)18-11-14-3-2-10-23-14/h4-7,14-15H,2-3,8-11H2,1H3,(H,18,20)/t14-,15-/m0/s1. The van der Waals surface area contributed by atoms with Crippen molar-refractivity contribution in [1.29, 1.82) is 0 Å². The van der Waals surface area contributed by atoms with Crippen LogP contribution in [0.25, 0.3) is 0 Å². The monoisotopic (exact) mass is 318 g/mol. The fraction of sp³-hybridized carbons (Fsp3) is 0.529. The van der Waals surface area contributed by atoms with Gasteiger partial charge in [-0.3, -0.25) is 9.59 Å². The molecule has 0 bridgehead atoms. The van der Waals surface area contributed by atoms with E-state index in [2.05, 4.69) is 5.32 Å². The van der Waals surface area contributed by atoms with Crippen molar-refractivity contribution in [2.24, 2.45) is 5.92 Å². The lowest BCUT2D eigenvalue weighted by molar-refractivity contribution is -0.132. The largest absolute Gasteiger partial charge is 0.497 e. The van der Waals surface area contributed by atoms with E-state index in [1.807, 2.05) is 24.3 Å². The summed E-state index contributed by atoms with van der Waals surface area (Å²) in [6, 6.07) is 7.30. The van der Waals surface area contributed by atoms with Gasteiger partial charge in [0.15, 0.2) is 0 Å². The van der Waals surface area contributed by atoms with Crippen molar-refractivity contribution in [3.05, 3.63) is 24.3 Å². The van der Waals surface area contributed by atoms with Gasteiger partial charge < -0.3 is 19.7 Å². The minimum absolute atomic E-state index is 0.0909. The lowest BCUT2D eigenvalue weighted by Crippen LogP contribution is -2.39. The number of benzene rings is 1. The molecule has 1 aromatic carbocycles. The summed E-state index contributed by atoms with van der Waals surface area (Å²) in [6.45, 7) is 1.81. The smallest absolute Gasteiger partial charge is 0.239 e. The average molecular weight is 318 g/mol. The number of carbonyl (C=O) groups is 2. The highest BCUT2D eigenvalue weighted by Crippen LogP contribution is 2.27. The first-order valence-electron chi connectivity index (χ1n) is 8.04. The van der Waals surface area contributed by atoms with E-state index in [1.165, 1.54) is 0 Å². The molecule has 0 saturated carbocycles. The molecule has 2 atom stereocenters. The number of carbonyl (C=O) groups excluding carboxylic acids is 2. The Labute approximate surface area is 135 Å². The second-order valence-electron chi connectivity index (χ2n) is 5.91. The van der Waals surface area contributed by atoms with Crippen molar-refractivity contribution in [2.75, 3.05) is 31.7 Å². The zero-order chi connectivity index (χ0) is 16.2. The predicted molar refractivity (Wildman–Crippen MR) is 85.4 cm³/mol. The van der Waals surface area contributed by atoms with Crippen molar-refractivity contribution in [3.8, 4) is 5.75 Å². The Morgan fingerprint density at radius 3 is 2.78 bits per heavy atom. The Hall–Kier alpha value is -2.08. The third kappa shape index (κ3) is 3.47. The Bertz CT molecular complexity index is 566. The van der Waals surface area contributed by atoms with E-state index < -0.39 is 5.92 Å². The van der Waals surface area contributed by atoms with E-state index in [9.17, 15) is 9.59 Å². The summed E-state index contributed by atoms with van der Waals surface area (Å²) in [5.74, 6) is -0.189. The second kappa shape index (κ2) is 7.00. The molecule has 1 N–H and O–H groups in total. The van der Waals surface area contributed by atoms with Gasteiger partial charge in [0.05, 0.1) is 13.2 Å². The maximum atomic E-state index is 12.5. The highest BCUT2D eigenvalue weighted by atomic mass is 16.5. The molecular weight excluding hydrogens is 296 g/mol. The van der Waals surface area contributed by atoms with Crippen LogP contribution < -0.4 is 15.0 Å². The Morgan fingerprint density at radius 2 is 2.13 bits per heavy atom. The van der Waals surface area contributed by atoms with Gasteiger partial charge in [0.1, 0.15) is 11.7 Å². The number of nitrogens with one attached hydrogen (secondary N) is 1. The number of amides is 2. The maximum Gasteiger partial charge on any atom is 0.239 e. The molecule has 0 spiro atoms. The van der Waals surface area contributed by atoms with Crippen LogP contribution in [0.4, 0.5) is 5.69 Å². The van der Waals surface area contributed by atoms with Crippen molar-refractivity contribution in [2.45, 2.75) is 25.4 Å². The third-order valence-electron chi connectivity index (χ3n) is 4.43. The molecule has 6 nitrogen and oxygen atoms in total. The predicted octanol–water partition coefficient (Wildman–Crippen LogP) is 1.34. The molecular formula is C17H22N2O4. The molecule has 23 heavy (non-hydrogen) atoms.